The van der Waals surface area contributed by atoms with E-state index in [2.05, 4.69) is 5.32 Å². The molecule has 0 atom stereocenters. The number of nitrogens with two attached hydrogens (primary N) is 1. The maximum Gasteiger partial charge on any atom is 0.253 e. The van der Waals surface area contributed by atoms with Crippen molar-refractivity contribution in [1.29, 1.82) is 0 Å². The van der Waals surface area contributed by atoms with Gasteiger partial charge in [0, 0.05) is 29.2 Å². The third-order valence-electron chi connectivity index (χ3n) is 3.72. The third-order valence-corrected chi connectivity index (χ3v) is 3.72. The standard InChI is InChI=1S/C17H22FN3O/c1-11-9-15(16(22)20-17(3,4)10-19)12(2)21(11)14-7-5-13(18)6-8-14/h5-9H,10,19H2,1-4H3,(H,20,22). The third kappa shape index (κ3) is 3.20. The first-order valence-electron chi connectivity index (χ1n) is 7.22. The summed E-state index contributed by atoms with van der Waals surface area (Å²) in [6.45, 7) is 7.91. The summed E-state index contributed by atoms with van der Waals surface area (Å²) < 4.78 is 15.0. The Balaban J connectivity index is 2.39. The van der Waals surface area contributed by atoms with Crippen molar-refractivity contribution in [2.45, 2.75) is 33.2 Å². The molecule has 0 bridgehead atoms. The Labute approximate surface area is 130 Å². The van der Waals surface area contributed by atoms with Gasteiger partial charge in [0.25, 0.3) is 5.91 Å². The molecule has 3 N–H and O–H groups in total. The molecule has 5 heteroatoms. The largest absolute Gasteiger partial charge is 0.346 e. The van der Waals surface area contributed by atoms with E-state index in [1.807, 2.05) is 38.3 Å². The van der Waals surface area contributed by atoms with E-state index in [-0.39, 0.29) is 11.7 Å². The van der Waals surface area contributed by atoms with E-state index in [1.165, 1.54) is 12.1 Å². The average molecular weight is 303 g/mol. The Morgan fingerprint density at radius 3 is 2.41 bits per heavy atom. The number of rotatable bonds is 4. The Bertz CT molecular complexity index is 687. The maximum atomic E-state index is 13.1. The normalized spacial score (nSPS) is 11.5. The van der Waals surface area contributed by atoms with Gasteiger partial charge in [-0.3, -0.25) is 4.79 Å². The lowest BCUT2D eigenvalue weighted by Crippen LogP contribution is -2.48. The average Bonchev–Trinajstić information content (AvgIpc) is 2.75. The molecular weight excluding hydrogens is 281 g/mol. The first-order valence-corrected chi connectivity index (χ1v) is 7.22. The van der Waals surface area contributed by atoms with Crippen LogP contribution in [0, 0.1) is 19.7 Å². The molecule has 0 aliphatic heterocycles. The summed E-state index contributed by atoms with van der Waals surface area (Å²) in [5.41, 5.74) is 8.35. The summed E-state index contributed by atoms with van der Waals surface area (Å²) in [5, 5.41) is 2.93. The Morgan fingerprint density at radius 1 is 1.27 bits per heavy atom. The lowest BCUT2D eigenvalue weighted by Gasteiger charge is -2.24. The second kappa shape index (κ2) is 5.93. The van der Waals surface area contributed by atoms with Crippen LogP contribution in [0.25, 0.3) is 5.69 Å². The van der Waals surface area contributed by atoms with E-state index >= 15 is 0 Å². The molecule has 1 aromatic heterocycles. The quantitative estimate of drug-likeness (QED) is 0.912. The molecule has 0 radical (unpaired) electrons. The fourth-order valence-corrected chi connectivity index (χ4v) is 2.41. The van der Waals surface area contributed by atoms with Gasteiger partial charge < -0.3 is 15.6 Å². The first kappa shape index (κ1) is 16.2. The van der Waals surface area contributed by atoms with Crippen LogP contribution < -0.4 is 11.1 Å². The molecule has 0 unspecified atom stereocenters. The molecule has 1 aromatic carbocycles. The minimum Gasteiger partial charge on any atom is -0.346 e. The van der Waals surface area contributed by atoms with Crippen LogP contribution in [0.1, 0.15) is 35.6 Å². The van der Waals surface area contributed by atoms with Crippen molar-refractivity contribution < 1.29 is 9.18 Å². The Kier molecular flexibility index (Phi) is 4.37. The van der Waals surface area contributed by atoms with Crippen LogP contribution in [-0.4, -0.2) is 22.6 Å². The molecule has 118 valence electrons. The van der Waals surface area contributed by atoms with Gasteiger partial charge in [0.05, 0.1) is 5.56 Å². The minimum absolute atomic E-state index is 0.156. The highest BCUT2D eigenvalue weighted by atomic mass is 19.1. The maximum absolute atomic E-state index is 13.1. The molecule has 2 aromatic rings. The van der Waals surface area contributed by atoms with Gasteiger partial charge in [0.2, 0.25) is 0 Å². The number of hydrogen-bond donors (Lipinski definition) is 2. The van der Waals surface area contributed by atoms with Crippen molar-refractivity contribution in [2.24, 2.45) is 5.73 Å². The summed E-state index contributed by atoms with van der Waals surface area (Å²) >= 11 is 0. The number of halogens is 1. The highest BCUT2D eigenvalue weighted by molar-refractivity contribution is 5.96. The number of nitrogens with one attached hydrogen (secondary N) is 1. The predicted octanol–water partition coefficient (Wildman–Crippen LogP) is 2.70. The zero-order valence-corrected chi connectivity index (χ0v) is 13.4. The van der Waals surface area contributed by atoms with Gasteiger partial charge >= 0.3 is 0 Å². The number of benzene rings is 1. The van der Waals surface area contributed by atoms with Gasteiger partial charge in [-0.25, -0.2) is 4.39 Å². The number of carbonyl (C=O) groups excluding carboxylic acids is 1. The van der Waals surface area contributed by atoms with Crippen molar-refractivity contribution in [3.8, 4) is 5.69 Å². The van der Waals surface area contributed by atoms with Gasteiger partial charge in [-0.1, -0.05) is 0 Å². The fourth-order valence-electron chi connectivity index (χ4n) is 2.41. The second-order valence-corrected chi connectivity index (χ2v) is 6.14. The summed E-state index contributed by atoms with van der Waals surface area (Å²) in [4.78, 5) is 12.5. The van der Waals surface area contributed by atoms with Gasteiger partial charge in [-0.15, -0.1) is 0 Å². The number of amides is 1. The van der Waals surface area contributed by atoms with E-state index in [1.54, 1.807) is 12.1 Å². The van der Waals surface area contributed by atoms with Crippen LogP contribution in [0.5, 0.6) is 0 Å². The van der Waals surface area contributed by atoms with Crippen LogP contribution in [-0.2, 0) is 0 Å². The Morgan fingerprint density at radius 2 is 1.86 bits per heavy atom. The van der Waals surface area contributed by atoms with Crippen LogP contribution in [0.15, 0.2) is 30.3 Å². The summed E-state index contributed by atoms with van der Waals surface area (Å²) in [6.07, 6.45) is 0. The molecule has 22 heavy (non-hydrogen) atoms. The first-order chi connectivity index (χ1) is 10.2. The van der Waals surface area contributed by atoms with Crippen LogP contribution >= 0.6 is 0 Å². The molecule has 2 rings (SSSR count). The van der Waals surface area contributed by atoms with Gasteiger partial charge in [-0.2, -0.15) is 0 Å². The molecule has 0 saturated carbocycles. The predicted molar refractivity (Wildman–Crippen MR) is 85.8 cm³/mol. The molecule has 0 spiro atoms. The number of aromatic nitrogens is 1. The fraction of sp³-hybridized carbons (Fsp3) is 0.353. The number of carbonyl (C=O) groups is 1. The lowest BCUT2D eigenvalue weighted by molar-refractivity contribution is 0.0915. The molecule has 0 aliphatic rings. The Hall–Kier alpha value is -2.14. The van der Waals surface area contributed by atoms with Gasteiger partial charge in [0.15, 0.2) is 0 Å². The molecule has 1 amide bonds. The van der Waals surface area contributed by atoms with E-state index in [0.29, 0.717) is 12.1 Å². The monoisotopic (exact) mass is 303 g/mol. The van der Waals surface area contributed by atoms with Gasteiger partial charge in [0.1, 0.15) is 5.82 Å². The SMILES string of the molecule is Cc1cc(C(=O)NC(C)(C)CN)c(C)n1-c1ccc(F)cc1. The molecular formula is C17H22FN3O. The van der Waals surface area contributed by atoms with Crippen LogP contribution in [0.4, 0.5) is 4.39 Å². The summed E-state index contributed by atoms with van der Waals surface area (Å²) in [6, 6.07) is 8.04. The van der Waals surface area contributed by atoms with Gasteiger partial charge in [-0.05, 0) is 58.0 Å². The van der Waals surface area contributed by atoms with Crippen molar-refractivity contribution in [1.82, 2.24) is 9.88 Å². The van der Waals surface area contributed by atoms with E-state index in [4.69, 9.17) is 5.73 Å². The van der Waals surface area contributed by atoms with E-state index in [0.717, 1.165) is 17.1 Å². The zero-order chi connectivity index (χ0) is 16.5. The summed E-state index contributed by atoms with van der Waals surface area (Å²) in [7, 11) is 0. The lowest BCUT2D eigenvalue weighted by atomic mass is 10.1. The smallest absolute Gasteiger partial charge is 0.253 e. The topological polar surface area (TPSA) is 60.1 Å². The van der Waals surface area contributed by atoms with Crippen LogP contribution in [0.2, 0.25) is 0 Å². The van der Waals surface area contributed by atoms with Crippen molar-refractivity contribution in [3.05, 3.63) is 53.1 Å². The molecule has 1 heterocycles. The number of hydrogen-bond acceptors (Lipinski definition) is 2. The second-order valence-electron chi connectivity index (χ2n) is 6.14. The summed E-state index contributed by atoms with van der Waals surface area (Å²) in [5.74, 6) is -0.439. The van der Waals surface area contributed by atoms with Crippen molar-refractivity contribution in [2.75, 3.05) is 6.54 Å². The zero-order valence-electron chi connectivity index (χ0n) is 13.4. The molecule has 4 nitrogen and oxygen atoms in total. The highest BCUT2D eigenvalue weighted by Gasteiger charge is 2.22. The minimum atomic E-state index is -0.463. The van der Waals surface area contributed by atoms with E-state index < -0.39 is 5.54 Å². The number of nitrogens with zero attached hydrogens (tertiary/aromatic N) is 1. The highest BCUT2D eigenvalue weighted by Crippen LogP contribution is 2.21. The van der Waals surface area contributed by atoms with E-state index in [9.17, 15) is 9.18 Å². The molecule has 0 aliphatic carbocycles. The molecule has 0 fully saturated rings. The van der Waals surface area contributed by atoms with Crippen LogP contribution in [0.3, 0.4) is 0 Å². The van der Waals surface area contributed by atoms with Crippen molar-refractivity contribution >= 4 is 5.91 Å². The molecule has 0 saturated heterocycles. The van der Waals surface area contributed by atoms with Crippen molar-refractivity contribution in [3.63, 3.8) is 0 Å². The number of aryl methyl sites for hydroxylation is 1.